The molecule has 0 spiro atoms. The van der Waals surface area contributed by atoms with E-state index in [9.17, 15) is 14.7 Å². The van der Waals surface area contributed by atoms with Crippen LogP contribution >= 0.6 is 22.6 Å². The molecule has 0 saturated carbocycles. The zero-order valence-electron chi connectivity index (χ0n) is 11.9. The first-order chi connectivity index (χ1) is 9.34. The lowest BCUT2D eigenvalue weighted by molar-refractivity contribution is -0.172. The van der Waals surface area contributed by atoms with Crippen molar-refractivity contribution >= 4 is 34.5 Å². The summed E-state index contributed by atoms with van der Waals surface area (Å²) in [5.74, 6) is -2.16. The van der Waals surface area contributed by atoms with Gasteiger partial charge in [0.1, 0.15) is 0 Å². The molecule has 4 nitrogen and oxygen atoms in total. The average Bonchev–Trinajstić information content (AvgIpc) is 2.37. The summed E-state index contributed by atoms with van der Waals surface area (Å²) >= 11 is 2.18. The average molecular weight is 390 g/mol. The number of hydrogen-bond donors (Lipinski definition) is 1. The molecule has 1 N–H and O–H groups in total. The van der Waals surface area contributed by atoms with Crippen LogP contribution in [0.5, 0.6) is 0 Å². The van der Waals surface area contributed by atoms with Crippen molar-refractivity contribution in [2.45, 2.75) is 27.2 Å². The number of carbonyl (C=O) groups is 2. The maximum atomic E-state index is 12.2. The highest BCUT2D eigenvalue weighted by Crippen LogP contribution is 2.34. The van der Waals surface area contributed by atoms with Crippen molar-refractivity contribution in [2.75, 3.05) is 6.61 Å². The van der Waals surface area contributed by atoms with Gasteiger partial charge in [-0.2, -0.15) is 0 Å². The molecule has 1 rings (SSSR count). The van der Waals surface area contributed by atoms with Gasteiger partial charge < -0.3 is 9.84 Å². The van der Waals surface area contributed by atoms with Gasteiger partial charge in [-0.15, -0.1) is 0 Å². The van der Waals surface area contributed by atoms with Gasteiger partial charge in [0.15, 0.2) is 5.41 Å². The molecule has 0 radical (unpaired) electrons. The fraction of sp³-hybridized carbons (Fsp3) is 0.467. The molecule has 0 aliphatic heterocycles. The van der Waals surface area contributed by atoms with E-state index in [1.165, 1.54) is 0 Å². The summed E-state index contributed by atoms with van der Waals surface area (Å²) in [7, 11) is 0. The highest BCUT2D eigenvalue weighted by molar-refractivity contribution is 14.1. The predicted octanol–water partition coefficient (Wildman–Crippen LogP) is 3.12. The summed E-state index contributed by atoms with van der Waals surface area (Å²) in [6.45, 7) is 5.32. The number of esters is 1. The molecule has 1 atom stereocenters. The third-order valence-electron chi connectivity index (χ3n) is 3.40. The first kappa shape index (κ1) is 16.9. The molecule has 1 aromatic rings. The summed E-state index contributed by atoms with van der Waals surface area (Å²) in [6.07, 6.45) is 0.135. The van der Waals surface area contributed by atoms with E-state index in [0.717, 1.165) is 9.13 Å². The SMILES string of the molecule is CCOC(=O)C(Cc1ccc(I)cc1)(C(=O)O)C(C)C. The van der Waals surface area contributed by atoms with E-state index in [1.807, 2.05) is 24.3 Å². The molecule has 5 heteroatoms. The van der Waals surface area contributed by atoms with Crippen LogP contribution < -0.4 is 0 Å². The Morgan fingerprint density at radius 2 is 1.85 bits per heavy atom. The van der Waals surface area contributed by atoms with E-state index >= 15 is 0 Å². The minimum Gasteiger partial charge on any atom is -0.480 e. The smallest absolute Gasteiger partial charge is 0.324 e. The van der Waals surface area contributed by atoms with Gasteiger partial charge in [-0.05, 0) is 59.5 Å². The van der Waals surface area contributed by atoms with Gasteiger partial charge in [-0.1, -0.05) is 26.0 Å². The number of halogens is 1. The van der Waals surface area contributed by atoms with Crippen LogP contribution in [0.4, 0.5) is 0 Å². The van der Waals surface area contributed by atoms with E-state index in [4.69, 9.17) is 4.74 Å². The quantitative estimate of drug-likeness (QED) is 0.461. The second-order valence-electron chi connectivity index (χ2n) is 4.95. The van der Waals surface area contributed by atoms with Crippen molar-refractivity contribution in [3.8, 4) is 0 Å². The zero-order valence-corrected chi connectivity index (χ0v) is 14.0. The molecule has 0 heterocycles. The number of hydrogen-bond acceptors (Lipinski definition) is 3. The highest BCUT2D eigenvalue weighted by Gasteiger charge is 2.50. The van der Waals surface area contributed by atoms with Crippen LogP contribution in [0.1, 0.15) is 26.3 Å². The standard InChI is InChI=1S/C15H19IO4/c1-4-20-14(19)15(10(2)3,13(17)18)9-11-5-7-12(16)8-6-11/h5-8,10H,4,9H2,1-3H3,(H,17,18). The molecule has 0 aliphatic carbocycles. The number of carbonyl (C=O) groups excluding carboxylic acids is 1. The Bertz CT molecular complexity index is 481. The maximum Gasteiger partial charge on any atom is 0.324 e. The topological polar surface area (TPSA) is 63.6 Å². The van der Waals surface area contributed by atoms with Gasteiger partial charge in [-0.3, -0.25) is 9.59 Å². The number of carboxylic acids is 1. The molecule has 1 unspecified atom stereocenters. The molecular formula is C15H19IO4. The van der Waals surface area contributed by atoms with Crippen LogP contribution in [0.25, 0.3) is 0 Å². The Kier molecular flexibility index (Phi) is 5.98. The third kappa shape index (κ3) is 3.50. The van der Waals surface area contributed by atoms with Crippen molar-refractivity contribution in [1.29, 1.82) is 0 Å². The van der Waals surface area contributed by atoms with Gasteiger partial charge in [0.05, 0.1) is 6.61 Å². The van der Waals surface area contributed by atoms with Crippen LogP contribution in [-0.4, -0.2) is 23.7 Å². The van der Waals surface area contributed by atoms with E-state index in [-0.39, 0.29) is 18.9 Å². The largest absolute Gasteiger partial charge is 0.480 e. The van der Waals surface area contributed by atoms with Gasteiger partial charge in [0.25, 0.3) is 0 Å². The summed E-state index contributed by atoms with van der Waals surface area (Å²) in [4.78, 5) is 24.0. The Balaban J connectivity index is 3.19. The second kappa shape index (κ2) is 7.06. The third-order valence-corrected chi connectivity index (χ3v) is 4.12. The number of carboxylic acid groups (broad SMARTS) is 1. The molecule has 0 bridgehead atoms. The van der Waals surface area contributed by atoms with Crippen LogP contribution in [0.15, 0.2) is 24.3 Å². The minimum atomic E-state index is -1.54. The Hall–Kier alpha value is -1.11. The molecule has 0 saturated heterocycles. The predicted molar refractivity (Wildman–Crippen MR) is 84.4 cm³/mol. The van der Waals surface area contributed by atoms with Crippen molar-refractivity contribution in [3.05, 3.63) is 33.4 Å². The summed E-state index contributed by atoms with van der Waals surface area (Å²) in [6, 6.07) is 7.49. The lowest BCUT2D eigenvalue weighted by atomic mass is 9.72. The molecule has 0 fully saturated rings. The molecule has 0 amide bonds. The number of benzene rings is 1. The first-order valence-corrected chi connectivity index (χ1v) is 7.57. The monoisotopic (exact) mass is 390 g/mol. The van der Waals surface area contributed by atoms with E-state index in [2.05, 4.69) is 22.6 Å². The minimum absolute atomic E-state index is 0.135. The summed E-state index contributed by atoms with van der Waals surface area (Å²) in [5, 5.41) is 9.60. The van der Waals surface area contributed by atoms with Crippen molar-refractivity contribution < 1.29 is 19.4 Å². The van der Waals surface area contributed by atoms with Gasteiger partial charge in [-0.25, -0.2) is 0 Å². The first-order valence-electron chi connectivity index (χ1n) is 6.49. The van der Waals surface area contributed by atoms with E-state index < -0.39 is 17.4 Å². The summed E-state index contributed by atoms with van der Waals surface area (Å²) in [5.41, 5.74) is -0.724. The Morgan fingerprint density at radius 3 is 2.25 bits per heavy atom. The Morgan fingerprint density at radius 1 is 1.30 bits per heavy atom. The molecule has 1 aromatic carbocycles. The normalized spacial score (nSPS) is 13.8. The van der Waals surface area contributed by atoms with Crippen LogP contribution in [0, 0.1) is 14.9 Å². The number of ether oxygens (including phenoxy) is 1. The molecule has 0 aromatic heterocycles. The maximum absolute atomic E-state index is 12.2. The molecule has 110 valence electrons. The van der Waals surface area contributed by atoms with Gasteiger partial charge in [0, 0.05) is 3.57 Å². The van der Waals surface area contributed by atoms with Crippen molar-refractivity contribution in [3.63, 3.8) is 0 Å². The van der Waals surface area contributed by atoms with Crippen LogP contribution in [0.3, 0.4) is 0 Å². The number of aliphatic carboxylic acids is 1. The van der Waals surface area contributed by atoms with Crippen LogP contribution in [-0.2, 0) is 20.7 Å². The Labute approximate surface area is 132 Å². The highest BCUT2D eigenvalue weighted by atomic mass is 127. The lowest BCUT2D eigenvalue weighted by Crippen LogP contribution is -2.46. The van der Waals surface area contributed by atoms with Gasteiger partial charge >= 0.3 is 11.9 Å². The van der Waals surface area contributed by atoms with Gasteiger partial charge in [0.2, 0.25) is 0 Å². The van der Waals surface area contributed by atoms with E-state index in [0.29, 0.717) is 0 Å². The number of rotatable bonds is 6. The molecule has 20 heavy (non-hydrogen) atoms. The molecular weight excluding hydrogens is 371 g/mol. The summed E-state index contributed by atoms with van der Waals surface area (Å²) < 4.78 is 6.07. The van der Waals surface area contributed by atoms with E-state index in [1.54, 1.807) is 20.8 Å². The second-order valence-corrected chi connectivity index (χ2v) is 6.20. The zero-order chi connectivity index (χ0) is 15.3. The lowest BCUT2D eigenvalue weighted by Gasteiger charge is -2.31. The molecule has 0 aliphatic rings. The van der Waals surface area contributed by atoms with Crippen LogP contribution in [0.2, 0.25) is 0 Å². The van der Waals surface area contributed by atoms with Crippen molar-refractivity contribution in [2.24, 2.45) is 11.3 Å². The van der Waals surface area contributed by atoms with Crippen molar-refractivity contribution in [1.82, 2.24) is 0 Å². The fourth-order valence-electron chi connectivity index (χ4n) is 2.11. The fourth-order valence-corrected chi connectivity index (χ4v) is 2.47.